The predicted molar refractivity (Wildman–Crippen MR) is 93.5 cm³/mol. The Morgan fingerprint density at radius 2 is 1.68 bits per heavy atom. The van der Waals surface area contributed by atoms with Crippen LogP contribution in [-0.4, -0.2) is 11.9 Å². The van der Waals surface area contributed by atoms with Crippen LogP contribution in [0.5, 0.6) is 0 Å². The summed E-state index contributed by atoms with van der Waals surface area (Å²) in [6.07, 6.45) is -1.17. The molecule has 6 heteroatoms. The quantitative estimate of drug-likeness (QED) is 0.705. The molecule has 2 aromatic carbocycles. The van der Waals surface area contributed by atoms with Gasteiger partial charge >= 0.3 is 5.97 Å². The smallest absolute Gasteiger partial charge is 0.350 e. The van der Waals surface area contributed by atoms with Crippen molar-refractivity contribution in [1.82, 2.24) is 0 Å². The molecule has 3 aromatic rings. The molecule has 4 nitrogen and oxygen atoms in total. The number of esters is 1. The van der Waals surface area contributed by atoms with Crippen molar-refractivity contribution in [2.45, 2.75) is 6.10 Å². The molecule has 0 fully saturated rings. The highest BCUT2D eigenvalue weighted by molar-refractivity contribution is 7.12. The van der Waals surface area contributed by atoms with Crippen LogP contribution in [-0.2, 0) is 9.53 Å². The molecule has 0 saturated carbocycles. The fourth-order valence-electron chi connectivity index (χ4n) is 2.40. The number of carbonyl (C=O) groups is 2. The van der Waals surface area contributed by atoms with Crippen LogP contribution in [0.4, 0.5) is 4.39 Å². The molecule has 3 rings (SSSR count). The Morgan fingerprint density at radius 3 is 2.32 bits per heavy atom. The van der Waals surface area contributed by atoms with Gasteiger partial charge in [0, 0.05) is 11.1 Å². The molecule has 0 aliphatic heterocycles. The number of amides is 1. The van der Waals surface area contributed by atoms with E-state index in [1.165, 1.54) is 23.5 Å². The minimum absolute atomic E-state index is 0.328. The Bertz CT molecular complexity index is 891. The summed E-state index contributed by atoms with van der Waals surface area (Å²) >= 11 is 1.19. The lowest BCUT2D eigenvalue weighted by Crippen LogP contribution is -2.26. The third-order valence-corrected chi connectivity index (χ3v) is 4.49. The second-order valence-electron chi connectivity index (χ2n) is 5.27. The number of hydrogen-bond acceptors (Lipinski definition) is 4. The van der Waals surface area contributed by atoms with Crippen LogP contribution in [0, 0.1) is 5.82 Å². The normalized spacial score (nSPS) is 11.7. The van der Waals surface area contributed by atoms with E-state index in [0.29, 0.717) is 21.6 Å². The largest absolute Gasteiger partial charge is 0.443 e. The Balaban J connectivity index is 1.88. The first-order chi connectivity index (χ1) is 12.1. The van der Waals surface area contributed by atoms with Gasteiger partial charge in [0.05, 0.1) is 0 Å². The Hall–Kier alpha value is -2.99. The van der Waals surface area contributed by atoms with E-state index in [1.54, 1.807) is 53.9 Å². The molecule has 0 radical (unpaired) electrons. The van der Waals surface area contributed by atoms with Gasteiger partial charge in [-0.2, -0.15) is 0 Å². The average Bonchev–Trinajstić information content (AvgIpc) is 3.10. The molecule has 1 atom stereocenters. The number of primary amides is 1. The monoisotopic (exact) mass is 355 g/mol. The Labute approximate surface area is 147 Å². The summed E-state index contributed by atoms with van der Waals surface area (Å²) in [5, 5.41) is 1.73. The van der Waals surface area contributed by atoms with Crippen LogP contribution < -0.4 is 5.73 Å². The molecule has 2 N–H and O–H groups in total. The van der Waals surface area contributed by atoms with Crippen molar-refractivity contribution >= 4 is 23.2 Å². The highest BCUT2D eigenvalue weighted by Crippen LogP contribution is 2.30. The molecule has 1 heterocycles. The number of benzene rings is 2. The summed E-state index contributed by atoms with van der Waals surface area (Å²) in [7, 11) is 0. The van der Waals surface area contributed by atoms with Crippen LogP contribution in [0.25, 0.3) is 11.1 Å². The zero-order chi connectivity index (χ0) is 17.8. The topological polar surface area (TPSA) is 69.4 Å². The van der Waals surface area contributed by atoms with Gasteiger partial charge in [-0.3, -0.25) is 4.79 Å². The van der Waals surface area contributed by atoms with Gasteiger partial charge in [-0.05, 0) is 29.1 Å². The molecule has 0 saturated heterocycles. The molecule has 0 unspecified atom stereocenters. The second-order valence-corrected chi connectivity index (χ2v) is 6.18. The summed E-state index contributed by atoms with van der Waals surface area (Å²) in [6.45, 7) is 0. The Kier molecular flexibility index (Phi) is 4.90. The minimum Gasteiger partial charge on any atom is -0.443 e. The van der Waals surface area contributed by atoms with E-state index in [2.05, 4.69) is 0 Å². The molecule has 25 heavy (non-hydrogen) atoms. The fourth-order valence-corrected chi connectivity index (χ4v) is 3.20. The van der Waals surface area contributed by atoms with Crippen molar-refractivity contribution in [3.05, 3.63) is 82.3 Å². The van der Waals surface area contributed by atoms with E-state index < -0.39 is 18.0 Å². The van der Waals surface area contributed by atoms with Crippen molar-refractivity contribution in [1.29, 1.82) is 0 Å². The summed E-state index contributed by atoms with van der Waals surface area (Å²) in [5.74, 6) is -1.76. The number of carbonyl (C=O) groups excluding carboxylic acids is 2. The van der Waals surface area contributed by atoms with E-state index in [1.807, 2.05) is 0 Å². The first kappa shape index (κ1) is 16.9. The Morgan fingerprint density at radius 1 is 1.00 bits per heavy atom. The molecule has 126 valence electrons. The van der Waals surface area contributed by atoms with Crippen molar-refractivity contribution in [2.24, 2.45) is 5.73 Å². The van der Waals surface area contributed by atoms with Crippen molar-refractivity contribution < 1.29 is 18.7 Å². The molecule has 0 bridgehead atoms. The summed E-state index contributed by atoms with van der Waals surface area (Å²) < 4.78 is 18.4. The number of thiophene rings is 1. The molecule has 1 aromatic heterocycles. The molecular formula is C19H14FNO3S. The summed E-state index contributed by atoms with van der Waals surface area (Å²) in [4.78, 5) is 24.6. The highest BCUT2D eigenvalue weighted by atomic mass is 32.1. The van der Waals surface area contributed by atoms with Crippen molar-refractivity contribution in [2.75, 3.05) is 0 Å². The summed E-state index contributed by atoms with van der Waals surface area (Å²) in [6, 6.07) is 16.1. The van der Waals surface area contributed by atoms with E-state index in [0.717, 1.165) is 0 Å². The molecule has 1 amide bonds. The third-order valence-electron chi connectivity index (χ3n) is 3.59. The highest BCUT2D eigenvalue weighted by Gasteiger charge is 2.25. The van der Waals surface area contributed by atoms with Gasteiger partial charge in [0.15, 0.2) is 0 Å². The van der Waals surface area contributed by atoms with E-state index >= 15 is 0 Å². The van der Waals surface area contributed by atoms with E-state index in [9.17, 15) is 14.0 Å². The zero-order valence-electron chi connectivity index (χ0n) is 13.0. The van der Waals surface area contributed by atoms with Gasteiger partial charge in [-0.25, -0.2) is 9.18 Å². The lowest BCUT2D eigenvalue weighted by Gasteiger charge is -2.15. The van der Waals surface area contributed by atoms with Crippen LogP contribution in [0.3, 0.4) is 0 Å². The molecule has 0 aliphatic carbocycles. The number of hydrogen-bond donors (Lipinski definition) is 1. The van der Waals surface area contributed by atoms with Gasteiger partial charge in [0.1, 0.15) is 10.7 Å². The first-order valence-corrected chi connectivity index (χ1v) is 8.33. The lowest BCUT2D eigenvalue weighted by atomic mass is 10.1. The van der Waals surface area contributed by atoms with Crippen LogP contribution in [0.2, 0.25) is 0 Å². The number of halogens is 1. The number of ether oxygens (including phenoxy) is 1. The molecular weight excluding hydrogens is 341 g/mol. The van der Waals surface area contributed by atoms with Crippen LogP contribution in [0.15, 0.2) is 66.0 Å². The maximum absolute atomic E-state index is 13.1. The molecule has 0 spiro atoms. The van der Waals surface area contributed by atoms with Gasteiger partial charge in [-0.15, -0.1) is 11.3 Å². The standard InChI is InChI=1S/C19H14FNO3S/c20-14-8-6-12(7-9-14)15-10-11-25-17(15)19(23)24-16(18(21)22)13-4-2-1-3-5-13/h1-11,16H,(H2,21,22)/t16-/m1/s1. The predicted octanol–water partition coefficient (Wildman–Crippen LogP) is 3.94. The minimum atomic E-state index is -1.17. The lowest BCUT2D eigenvalue weighted by molar-refractivity contribution is -0.127. The summed E-state index contributed by atoms with van der Waals surface area (Å²) in [5.41, 5.74) is 7.19. The van der Waals surface area contributed by atoms with Gasteiger partial charge in [0.25, 0.3) is 5.91 Å². The zero-order valence-corrected chi connectivity index (χ0v) is 13.8. The first-order valence-electron chi connectivity index (χ1n) is 7.45. The average molecular weight is 355 g/mol. The van der Waals surface area contributed by atoms with Gasteiger partial charge in [-0.1, -0.05) is 42.5 Å². The van der Waals surface area contributed by atoms with Gasteiger partial charge in [0.2, 0.25) is 6.10 Å². The fraction of sp³-hybridized carbons (Fsp3) is 0.0526. The van der Waals surface area contributed by atoms with Crippen molar-refractivity contribution in [3.63, 3.8) is 0 Å². The van der Waals surface area contributed by atoms with Crippen LogP contribution >= 0.6 is 11.3 Å². The maximum Gasteiger partial charge on any atom is 0.350 e. The SMILES string of the molecule is NC(=O)[C@H](OC(=O)c1sccc1-c1ccc(F)cc1)c1ccccc1. The van der Waals surface area contributed by atoms with Crippen molar-refractivity contribution in [3.8, 4) is 11.1 Å². The van der Waals surface area contributed by atoms with E-state index in [-0.39, 0.29) is 5.82 Å². The van der Waals surface area contributed by atoms with E-state index in [4.69, 9.17) is 10.5 Å². The number of rotatable bonds is 5. The van der Waals surface area contributed by atoms with Gasteiger partial charge < -0.3 is 10.5 Å². The number of nitrogens with two attached hydrogens (primary N) is 1. The third kappa shape index (κ3) is 3.75. The molecule has 0 aliphatic rings. The second kappa shape index (κ2) is 7.27. The van der Waals surface area contributed by atoms with Crippen LogP contribution in [0.1, 0.15) is 21.3 Å². The maximum atomic E-state index is 13.1.